The van der Waals surface area contributed by atoms with Crippen LogP contribution in [0.4, 0.5) is 0 Å². The van der Waals surface area contributed by atoms with Crippen LogP contribution in [0.15, 0.2) is 47.7 Å². The molecule has 0 amide bonds. The average Bonchev–Trinajstić information content (AvgIpc) is 3.38. The molecule has 0 saturated heterocycles. The van der Waals surface area contributed by atoms with Crippen LogP contribution in [-0.4, -0.2) is 34.5 Å². The predicted octanol–water partition coefficient (Wildman–Crippen LogP) is 2.10. The highest BCUT2D eigenvalue weighted by Gasteiger charge is 2.18. The summed E-state index contributed by atoms with van der Waals surface area (Å²) < 4.78 is 4.28. The Bertz CT molecular complexity index is 1300. The third-order valence-corrected chi connectivity index (χ3v) is 5.58. The summed E-state index contributed by atoms with van der Waals surface area (Å²) in [5.41, 5.74) is 3.01. The summed E-state index contributed by atoms with van der Waals surface area (Å²) in [4.78, 5) is 22.0. The summed E-state index contributed by atoms with van der Waals surface area (Å²) in [5, 5.41) is 13.2. The van der Waals surface area contributed by atoms with E-state index in [4.69, 9.17) is 4.98 Å². The Morgan fingerprint density at radius 2 is 2.15 bits per heavy atom. The Kier molecular flexibility index (Phi) is 3.61. The molecule has 0 fully saturated rings. The molecule has 5 aromatic rings. The molecule has 0 bridgehead atoms. The molecule has 5 heterocycles. The third kappa shape index (κ3) is 2.63. The summed E-state index contributed by atoms with van der Waals surface area (Å²) in [6, 6.07) is 7.56. The van der Waals surface area contributed by atoms with E-state index in [2.05, 4.69) is 20.3 Å². The van der Waals surface area contributed by atoms with Gasteiger partial charge in [0.05, 0.1) is 28.8 Å². The first-order valence-electron chi connectivity index (χ1n) is 8.43. The van der Waals surface area contributed by atoms with Crippen molar-refractivity contribution in [2.24, 2.45) is 7.05 Å². The summed E-state index contributed by atoms with van der Waals surface area (Å²) in [6.07, 6.45) is 5.92. The van der Waals surface area contributed by atoms with E-state index in [-0.39, 0.29) is 5.56 Å². The highest BCUT2D eigenvalue weighted by Crippen LogP contribution is 2.31. The molecule has 0 saturated carbocycles. The van der Waals surface area contributed by atoms with Crippen LogP contribution in [0.1, 0.15) is 16.4 Å². The molecule has 0 aliphatic heterocycles. The van der Waals surface area contributed by atoms with Crippen molar-refractivity contribution in [3.63, 3.8) is 0 Å². The monoisotopic (exact) mass is 377 g/mol. The van der Waals surface area contributed by atoms with Crippen molar-refractivity contribution in [3.05, 3.63) is 69.6 Å². The zero-order valence-corrected chi connectivity index (χ0v) is 15.3. The summed E-state index contributed by atoms with van der Waals surface area (Å²) in [5.74, 6) is 0. The van der Waals surface area contributed by atoms with Crippen LogP contribution in [0, 0.1) is 0 Å². The molecule has 1 N–H and O–H groups in total. The molecular weight excluding hydrogens is 362 g/mol. The van der Waals surface area contributed by atoms with Gasteiger partial charge in [0.1, 0.15) is 10.5 Å². The summed E-state index contributed by atoms with van der Waals surface area (Å²) in [7, 11) is 1.87. The van der Waals surface area contributed by atoms with Gasteiger partial charge in [0.15, 0.2) is 5.65 Å². The molecule has 0 radical (unpaired) electrons. The first kappa shape index (κ1) is 15.9. The van der Waals surface area contributed by atoms with E-state index in [0.29, 0.717) is 18.5 Å². The first-order valence-corrected chi connectivity index (χ1v) is 9.25. The van der Waals surface area contributed by atoms with Gasteiger partial charge in [-0.1, -0.05) is 6.07 Å². The number of rotatable bonds is 4. The maximum atomic E-state index is 13.0. The molecule has 134 valence electrons. The molecule has 5 rings (SSSR count). The average molecular weight is 377 g/mol. The van der Waals surface area contributed by atoms with Gasteiger partial charge in [-0.15, -0.1) is 11.3 Å². The van der Waals surface area contributed by atoms with Gasteiger partial charge in [0.25, 0.3) is 5.56 Å². The van der Waals surface area contributed by atoms with Gasteiger partial charge < -0.3 is 4.57 Å². The smallest absolute Gasteiger partial charge is 0.291 e. The van der Waals surface area contributed by atoms with Gasteiger partial charge in [-0.3, -0.25) is 14.9 Å². The van der Waals surface area contributed by atoms with Crippen molar-refractivity contribution in [2.45, 2.75) is 13.0 Å². The molecule has 27 heavy (non-hydrogen) atoms. The zero-order valence-electron chi connectivity index (χ0n) is 14.5. The molecule has 9 heteroatoms. The number of hydrogen-bond donors (Lipinski definition) is 1. The van der Waals surface area contributed by atoms with Gasteiger partial charge in [0, 0.05) is 31.2 Å². The Balaban J connectivity index is 1.60. The minimum atomic E-state index is -0.139. The highest BCUT2D eigenvalue weighted by atomic mass is 32.1. The van der Waals surface area contributed by atoms with Crippen LogP contribution in [0.25, 0.3) is 21.3 Å². The van der Waals surface area contributed by atoms with Crippen molar-refractivity contribution < 1.29 is 0 Å². The molecule has 0 aromatic carbocycles. The lowest BCUT2D eigenvalue weighted by atomic mass is 10.3. The molecule has 0 aliphatic rings. The van der Waals surface area contributed by atoms with E-state index in [1.807, 2.05) is 35.9 Å². The highest BCUT2D eigenvalue weighted by molar-refractivity contribution is 7.19. The second-order valence-corrected chi connectivity index (χ2v) is 7.34. The molecule has 0 aliphatic carbocycles. The minimum Gasteiger partial charge on any atom is -0.323 e. The maximum absolute atomic E-state index is 13.0. The van der Waals surface area contributed by atoms with E-state index in [1.54, 1.807) is 29.9 Å². The fraction of sp³-hybridized carbons (Fsp3) is 0.167. The van der Waals surface area contributed by atoms with Gasteiger partial charge in [0.2, 0.25) is 0 Å². The maximum Gasteiger partial charge on any atom is 0.291 e. The second kappa shape index (κ2) is 6.13. The van der Waals surface area contributed by atoms with Crippen LogP contribution in [-0.2, 0) is 20.0 Å². The molecule has 0 unspecified atom stereocenters. The lowest BCUT2D eigenvalue weighted by molar-refractivity contribution is 0.633. The molecule has 0 atom stereocenters. The SMILES string of the molecule is Cn1c2nc(Cc3cc[nH]n3)sc2c2cnn(Cc3ccccn3)c(=O)c21. The fourth-order valence-electron chi connectivity index (χ4n) is 3.21. The second-order valence-electron chi connectivity index (χ2n) is 6.25. The molecular formula is C18H15N7OS. The van der Waals surface area contributed by atoms with E-state index < -0.39 is 0 Å². The summed E-state index contributed by atoms with van der Waals surface area (Å²) in [6.45, 7) is 0.340. The Hall–Kier alpha value is -3.33. The number of aryl methyl sites for hydroxylation is 1. The predicted molar refractivity (Wildman–Crippen MR) is 103 cm³/mol. The van der Waals surface area contributed by atoms with Crippen molar-refractivity contribution >= 4 is 32.6 Å². The number of pyridine rings is 1. The van der Waals surface area contributed by atoms with Crippen LogP contribution in [0.2, 0.25) is 0 Å². The van der Waals surface area contributed by atoms with E-state index in [1.165, 1.54) is 4.68 Å². The Labute approximate surface area is 157 Å². The zero-order chi connectivity index (χ0) is 18.4. The standard InChI is InChI=1S/C18H15N7OS/c1-24-15-13(9-21-25(18(15)26)10-12-4-2-3-6-19-12)16-17(24)22-14(27-16)8-11-5-7-20-23-11/h2-7,9H,8,10H2,1H3,(H,20,23). The first-order chi connectivity index (χ1) is 13.2. The Morgan fingerprint density at radius 1 is 1.22 bits per heavy atom. The van der Waals surface area contributed by atoms with Crippen molar-refractivity contribution in [1.29, 1.82) is 0 Å². The van der Waals surface area contributed by atoms with Crippen molar-refractivity contribution in [3.8, 4) is 0 Å². The lowest BCUT2D eigenvalue weighted by Crippen LogP contribution is -2.24. The number of hydrogen-bond acceptors (Lipinski definition) is 6. The number of aromatic amines is 1. The topological polar surface area (TPSA) is 94.3 Å². The number of aromatic nitrogens is 7. The molecule has 8 nitrogen and oxygen atoms in total. The number of thiazole rings is 1. The lowest BCUT2D eigenvalue weighted by Gasteiger charge is -2.05. The van der Waals surface area contributed by atoms with Gasteiger partial charge in [-0.2, -0.15) is 10.2 Å². The van der Waals surface area contributed by atoms with Crippen LogP contribution >= 0.6 is 11.3 Å². The quantitative estimate of drug-likeness (QED) is 0.518. The third-order valence-electron chi connectivity index (χ3n) is 4.50. The van der Waals surface area contributed by atoms with E-state index >= 15 is 0 Å². The van der Waals surface area contributed by atoms with Gasteiger partial charge in [-0.05, 0) is 18.2 Å². The number of H-pyrrole nitrogens is 1. The Morgan fingerprint density at radius 3 is 2.93 bits per heavy atom. The fourth-order valence-corrected chi connectivity index (χ4v) is 4.33. The van der Waals surface area contributed by atoms with Crippen molar-refractivity contribution in [1.82, 2.24) is 34.5 Å². The summed E-state index contributed by atoms with van der Waals surface area (Å²) >= 11 is 1.58. The van der Waals surface area contributed by atoms with Crippen LogP contribution in [0.5, 0.6) is 0 Å². The van der Waals surface area contributed by atoms with Crippen molar-refractivity contribution in [2.75, 3.05) is 0 Å². The largest absolute Gasteiger partial charge is 0.323 e. The minimum absolute atomic E-state index is 0.139. The van der Waals surface area contributed by atoms with Gasteiger partial charge in [-0.25, -0.2) is 9.67 Å². The van der Waals surface area contributed by atoms with Crippen LogP contribution in [0.3, 0.4) is 0 Å². The number of nitrogens with zero attached hydrogens (tertiary/aromatic N) is 6. The van der Waals surface area contributed by atoms with Crippen LogP contribution < -0.4 is 5.56 Å². The molecule has 5 aromatic heterocycles. The normalized spacial score (nSPS) is 11.6. The van der Waals surface area contributed by atoms with E-state index in [0.717, 1.165) is 32.1 Å². The number of fused-ring (bicyclic) bond motifs is 3. The van der Waals surface area contributed by atoms with E-state index in [9.17, 15) is 4.79 Å². The molecule has 0 spiro atoms. The number of nitrogens with one attached hydrogen (secondary N) is 1. The van der Waals surface area contributed by atoms with Gasteiger partial charge >= 0.3 is 0 Å².